The standard InChI is InChI=1S/C14H24N2O2/c1-12(2,3)18-11(17)16-14(7-8-14)10-4-9-15-13(10)5-6-13/h10,15H,4-9H2,1-3H3,(H,16,17). The molecule has 4 nitrogen and oxygen atoms in total. The molecule has 3 aliphatic rings. The lowest BCUT2D eigenvalue weighted by Gasteiger charge is -2.30. The van der Waals surface area contributed by atoms with Gasteiger partial charge in [0, 0.05) is 17.0 Å². The minimum atomic E-state index is -0.411. The monoisotopic (exact) mass is 252 g/mol. The zero-order chi connectivity index (χ0) is 13.0. The molecule has 0 radical (unpaired) electrons. The second-order valence-corrected chi connectivity index (χ2v) is 7.21. The van der Waals surface area contributed by atoms with Crippen molar-refractivity contribution in [3.63, 3.8) is 0 Å². The van der Waals surface area contributed by atoms with E-state index in [4.69, 9.17) is 4.74 Å². The van der Waals surface area contributed by atoms with Crippen LogP contribution in [0.5, 0.6) is 0 Å². The van der Waals surface area contributed by atoms with Crippen LogP contribution in [0.2, 0.25) is 0 Å². The molecule has 0 bridgehead atoms. The highest BCUT2D eigenvalue weighted by Gasteiger charge is 2.64. The summed E-state index contributed by atoms with van der Waals surface area (Å²) >= 11 is 0. The molecule has 2 N–H and O–H groups in total. The summed E-state index contributed by atoms with van der Waals surface area (Å²) in [4.78, 5) is 11.9. The van der Waals surface area contributed by atoms with Crippen molar-refractivity contribution < 1.29 is 9.53 Å². The smallest absolute Gasteiger partial charge is 0.408 e. The Morgan fingerprint density at radius 1 is 1.28 bits per heavy atom. The Morgan fingerprint density at radius 2 is 1.94 bits per heavy atom. The zero-order valence-corrected chi connectivity index (χ0v) is 11.6. The molecule has 0 aromatic heterocycles. The van der Waals surface area contributed by atoms with Gasteiger partial charge in [-0.1, -0.05) is 0 Å². The summed E-state index contributed by atoms with van der Waals surface area (Å²) in [5, 5.41) is 6.79. The third-order valence-corrected chi connectivity index (χ3v) is 4.57. The van der Waals surface area contributed by atoms with Crippen LogP contribution < -0.4 is 10.6 Å². The van der Waals surface area contributed by atoms with E-state index in [9.17, 15) is 4.79 Å². The topological polar surface area (TPSA) is 50.4 Å². The fraction of sp³-hybridized carbons (Fsp3) is 0.929. The van der Waals surface area contributed by atoms with Gasteiger partial charge in [0.05, 0.1) is 0 Å². The van der Waals surface area contributed by atoms with E-state index in [1.807, 2.05) is 20.8 Å². The van der Waals surface area contributed by atoms with Crippen molar-refractivity contribution in [2.45, 2.75) is 69.6 Å². The zero-order valence-electron chi connectivity index (χ0n) is 11.6. The first kappa shape index (κ1) is 12.3. The molecular formula is C14H24N2O2. The number of nitrogens with one attached hydrogen (secondary N) is 2. The van der Waals surface area contributed by atoms with Crippen LogP contribution in [-0.4, -0.2) is 29.3 Å². The number of amides is 1. The van der Waals surface area contributed by atoms with E-state index in [0.717, 1.165) is 19.4 Å². The third-order valence-electron chi connectivity index (χ3n) is 4.57. The van der Waals surface area contributed by atoms with Gasteiger partial charge in [-0.2, -0.15) is 0 Å². The molecule has 18 heavy (non-hydrogen) atoms. The lowest BCUT2D eigenvalue weighted by atomic mass is 9.88. The molecule has 1 amide bonds. The molecule has 1 unspecified atom stereocenters. The predicted octanol–water partition coefficient (Wildman–Crippen LogP) is 2.19. The normalized spacial score (nSPS) is 31.2. The van der Waals surface area contributed by atoms with Crippen LogP contribution in [0.4, 0.5) is 4.79 Å². The van der Waals surface area contributed by atoms with Crippen LogP contribution in [0, 0.1) is 5.92 Å². The summed E-state index contributed by atoms with van der Waals surface area (Å²) in [5.74, 6) is 0.609. The second kappa shape index (κ2) is 3.62. The minimum absolute atomic E-state index is 0.0301. The quantitative estimate of drug-likeness (QED) is 0.792. The summed E-state index contributed by atoms with van der Waals surface area (Å²) in [6, 6.07) is 0. The average Bonchev–Trinajstić information content (AvgIpc) is 3.05. The maximum atomic E-state index is 11.9. The van der Waals surface area contributed by atoms with Gasteiger partial charge >= 0.3 is 6.09 Å². The Balaban J connectivity index is 1.64. The number of hydrogen-bond acceptors (Lipinski definition) is 3. The van der Waals surface area contributed by atoms with Gasteiger partial charge in [0.15, 0.2) is 0 Å². The van der Waals surface area contributed by atoms with E-state index in [2.05, 4.69) is 10.6 Å². The molecule has 102 valence electrons. The lowest BCUT2D eigenvalue weighted by molar-refractivity contribution is 0.0468. The summed E-state index contributed by atoms with van der Waals surface area (Å²) in [6.45, 7) is 6.82. The molecule has 3 rings (SSSR count). The van der Waals surface area contributed by atoms with Gasteiger partial charge in [0.1, 0.15) is 5.60 Å². The Hall–Kier alpha value is -0.770. The molecular weight excluding hydrogens is 228 g/mol. The van der Waals surface area contributed by atoms with Crippen LogP contribution >= 0.6 is 0 Å². The van der Waals surface area contributed by atoms with Crippen LogP contribution in [0.1, 0.15) is 52.9 Å². The highest BCUT2D eigenvalue weighted by Crippen LogP contribution is 2.58. The predicted molar refractivity (Wildman–Crippen MR) is 69.4 cm³/mol. The van der Waals surface area contributed by atoms with Crippen LogP contribution in [0.25, 0.3) is 0 Å². The van der Waals surface area contributed by atoms with E-state index >= 15 is 0 Å². The van der Waals surface area contributed by atoms with Crippen molar-refractivity contribution in [2.75, 3.05) is 6.54 Å². The Kier molecular flexibility index (Phi) is 2.47. The summed E-state index contributed by atoms with van der Waals surface area (Å²) in [6.07, 6.45) is 5.71. The summed E-state index contributed by atoms with van der Waals surface area (Å²) < 4.78 is 5.39. The first-order chi connectivity index (χ1) is 8.35. The van der Waals surface area contributed by atoms with E-state index in [0.29, 0.717) is 11.5 Å². The molecule has 1 atom stereocenters. The number of carbonyl (C=O) groups excluding carboxylic acids is 1. The van der Waals surface area contributed by atoms with E-state index < -0.39 is 5.60 Å². The molecule has 3 fully saturated rings. The molecule has 1 spiro atoms. The van der Waals surface area contributed by atoms with Crippen molar-refractivity contribution in [1.29, 1.82) is 0 Å². The first-order valence-corrected chi connectivity index (χ1v) is 7.12. The highest BCUT2D eigenvalue weighted by atomic mass is 16.6. The summed E-state index contributed by atoms with van der Waals surface area (Å²) in [7, 11) is 0. The van der Waals surface area contributed by atoms with Gasteiger partial charge in [-0.15, -0.1) is 0 Å². The fourth-order valence-corrected chi connectivity index (χ4v) is 3.53. The van der Waals surface area contributed by atoms with Crippen molar-refractivity contribution in [1.82, 2.24) is 10.6 Å². The largest absolute Gasteiger partial charge is 0.444 e. The van der Waals surface area contributed by atoms with Crippen molar-refractivity contribution in [3.8, 4) is 0 Å². The molecule has 2 saturated carbocycles. The lowest BCUT2D eigenvalue weighted by Crippen LogP contribution is -2.49. The minimum Gasteiger partial charge on any atom is -0.444 e. The number of rotatable bonds is 2. The van der Waals surface area contributed by atoms with Crippen molar-refractivity contribution >= 4 is 6.09 Å². The number of hydrogen-bond donors (Lipinski definition) is 2. The molecule has 2 aliphatic carbocycles. The van der Waals surface area contributed by atoms with Crippen LogP contribution in [0.3, 0.4) is 0 Å². The third kappa shape index (κ3) is 2.11. The molecule has 0 aromatic carbocycles. The van der Waals surface area contributed by atoms with Gasteiger partial charge in [-0.05, 0) is 59.4 Å². The number of alkyl carbamates (subject to hydrolysis) is 1. The van der Waals surface area contributed by atoms with Gasteiger partial charge < -0.3 is 15.4 Å². The van der Waals surface area contributed by atoms with E-state index in [-0.39, 0.29) is 11.6 Å². The Morgan fingerprint density at radius 3 is 2.44 bits per heavy atom. The molecule has 1 heterocycles. The number of ether oxygens (including phenoxy) is 1. The molecule has 4 heteroatoms. The molecule has 1 saturated heterocycles. The van der Waals surface area contributed by atoms with Crippen molar-refractivity contribution in [3.05, 3.63) is 0 Å². The maximum Gasteiger partial charge on any atom is 0.408 e. The van der Waals surface area contributed by atoms with Crippen LogP contribution in [-0.2, 0) is 4.74 Å². The SMILES string of the molecule is CC(C)(C)OC(=O)NC1(C2CCNC23CC3)CC1. The summed E-state index contributed by atoms with van der Waals surface area (Å²) in [5.41, 5.74) is -0.0286. The maximum absolute atomic E-state index is 11.9. The Labute approximate surface area is 109 Å². The number of carbonyl (C=O) groups is 1. The molecule has 0 aromatic rings. The average molecular weight is 252 g/mol. The molecule has 1 aliphatic heterocycles. The van der Waals surface area contributed by atoms with Gasteiger partial charge in [-0.3, -0.25) is 0 Å². The van der Waals surface area contributed by atoms with Gasteiger partial charge in [0.2, 0.25) is 0 Å². The van der Waals surface area contributed by atoms with Crippen molar-refractivity contribution in [2.24, 2.45) is 5.92 Å². The second-order valence-electron chi connectivity index (χ2n) is 7.21. The Bertz CT molecular complexity index is 364. The van der Waals surface area contributed by atoms with E-state index in [1.54, 1.807) is 0 Å². The fourth-order valence-electron chi connectivity index (χ4n) is 3.53. The van der Waals surface area contributed by atoms with Gasteiger partial charge in [-0.25, -0.2) is 4.79 Å². The highest BCUT2D eigenvalue weighted by molar-refractivity contribution is 5.69. The van der Waals surface area contributed by atoms with E-state index in [1.165, 1.54) is 19.3 Å². The van der Waals surface area contributed by atoms with Crippen LogP contribution in [0.15, 0.2) is 0 Å². The first-order valence-electron chi connectivity index (χ1n) is 7.12. The van der Waals surface area contributed by atoms with Gasteiger partial charge in [0.25, 0.3) is 0 Å².